The molecule has 1 aliphatic rings. The van der Waals surface area contributed by atoms with E-state index in [1.165, 1.54) is 6.42 Å². The Morgan fingerprint density at radius 2 is 1.90 bits per heavy atom. The van der Waals surface area contributed by atoms with Crippen molar-refractivity contribution in [3.05, 3.63) is 17.7 Å². The van der Waals surface area contributed by atoms with Gasteiger partial charge in [-0.2, -0.15) is 13.2 Å². The van der Waals surface area contributed by atoms with Crippen LogP contribution in [0.5, 0.6) is 0 Å². The molecule has 0 aliphatic heterocycles. The number of rotatable bonds is 5. The van der Waals surface area contributed by atoms with Crippen molar-refractivity contribution >= 4 is 11.6 Å². The highest BCUT2D eigenvalue weighted by molar-refractivity contribution is 5.49. The van der Waals surface area contributed by atoms with E-state index in [2.05, 4.69) is 22.5 Å². The molecule has 3 nitrogen and oxygen atoms in total. The first-order valence-corrected chi connectivity index (χ1v) is 6.89. The molecule has 1 fully saturated rings. The summed E-state index contributed by atoms with van der Waals surface area (Å²) in [6.45, 7) is 2.81. The molecule has 1 heterocycles. The van der Waals surface area contributed by atoms with Crippen LogP contribution in [0.3, 0.4) is 0 Å². The standard InChI is InChI=1S/C14H20F3N3/c1-3-13(5-4-6-13)9-19-12-8-10(14(15,16)17)7-11(18-2)20-12/h7-8H,3-6,9H2,1-2H3,(H2,18,19,20). The number of aromatic nitrogens is 1. The normalized spacial score (nSPS) is 17.4. The largest absolute Gasteiger partial charge is 0.416 e. The Bertz CT molecular complexity index is 462. The van der Waals surface area contributed by atoms with Crippen molar-refractivity contribution in [1.82, 2.24) is 4.98 Å². The van der Waals surface area contributed by atoms with Gasteiger partial charge in [-0.3, -0.25) is 0 Å². The molecule has 2 N–H and O–H groups in total. The van der Waals surface area contributed by atoms with E-state index in [-0.39, 0.29) is 17.1 Å². The van der Waals surface area contributed by atoms with E-state index in [4.69, 9.17) is 0 Å². The smallest absolute Gasteiger partial charge is 0.373 e. The van der Waals surface area contributed by atoms with Gasteiger partial charge in [0.05, 0.1) is 5.56 Å². The lowest BCUT2D eigenvalue weighted by atomic mass is 9.67. The second-order valence-electron chi connectivity index (χ2n) is 5.43. The first-order chi connectivity index (χ1) is 9.38. The lowest BCUT2D eigenvalue weighted by Crippen LogP contribution is -2.36. The van der Waals surface area contributed by atoms with Crippen LogP contribution in [0.4, 0.5) is 24.8 Å². The second-order valence-corrected chi connectivity index (χ2v) is 5.43. The van der Waals surface area contributed by atoms with Gasteiger partial charge in [0.15, 0.2) is 0 Å². The third-order valence-corrected chi connectivity index (χ3v) is 4.22. The zero-order valence-corrected chi connectivity index (χ0v) is 11.8. The summed E-state index contributed by atoms with van der Waals surface area (Å²) in [6.07, 6.45) is 0.151. The van der Waals surface area contributed by atoms with Crippen LogP contribution >= 0.6 is 0 Å². The summed E-state index contributed by atoms with van der Waals surface area (Å²) in [5, 5.41) is 5.74. The van der Waals surface area contributed by atoms with E-state index in [0.717, 1.165) is 31.4 Å². The van der Waals surface area contributed by atoms with E-state index in [9.17, 15) is 13.2 Å². The fourth-order valence-electron chi connectivity index (χ4n) is 2.52. The number of pyridine rings is 1. The minimum absolute atomic E-state index is 0.224. The fourth-order valence-corrected chi connectivity index (χ4v) is 2.52. The number of anilines is 2. The van der Waals surface area contributed by atoms with Crippen molar-refractivity contribution < 1.29 is 13.2 Å². The molecule has 20 heavy (non-hydrogen) atoms. The molecule has 0 radical (unpaired) electrons. The molecule has 0 atom stereocenters. The van der Waals surface area contributed by atoms with Gasteiger partial charge in [-0.15, -0.1) is 0 Å². The zero-order valence-electron chi connectivity index (χ0n) is 11.8. The van der Waals surface area contributed by atoms with Crippen molar-refractivity contribution in [2.45, 2.75) is 38.8 Å². The van der Waals surface area contributed by atoms with Crippen molar-refractivity contribution in [1.29, 1.82) is 0 Å². The van der Waals surface area contributed by atoms with Crippen molar-refractivity contribution in [2.75, 3.05) is 24.2 Å². The highest BCUT2D eigenvalue weighted by Crippen LogP contribution is 2.43. The summed E-state index contributed by atoms with van der Waals surface area (Å²) in [4.78, 5) is 4.14. The summed E-state index contributed by atoms with van der Waals surface area (Å²) < 4.78 is 38.5. The van der Waals surface area contributed by atoms with E-state index < -0.39 is 11.7 Å². The van der Waals surface area contributed by atoms with E-state index in [1.54, 1.807) is 7.05 Å². The van der Waals surface area contributed by atoms with Crippen LogP contribution in [0.1, 0.15) is 38.2 Å². The number of hydrogen-bond donors (Lipinski definition) is 2. The maximum atomic E-state index is 12.8. The Hall–Kier alpha value is -1.46. The quantitative estimate of drug-likeness (QED) is 0.854. The van der Waals surface area contributed by atoms with Crippen LogP contribution in [0.2, 0.25) is 0 Å². The molecule has 1 saturated carbocycles. The first kappa shape index (κ1) is 14.9. The monoisotopic (exact) mass is 287 g/mol. The fraction of sp³-hybridized carbons (Fsp3) is 0.643. The molecule has 1 aliphatic carbocycles. The topological polar surface area (TPSA) is 37.0 Å². The van der Waals surface area contributed by atoms with Crippen LogP contribution in [0.15, 0.2) is 12.1 Å². The maximum absolute atomic E-state index is 12.8. The Balaban J connectivity index is 2.14. The predicted molar refractivity (Wildman–Crippen MR) is 73.9 cm³/mol. The van der Waals surface area contributed by atoms with Crippen LogP contribution in [-0.2, 0) is 6.18 Å². The van der Waals surface area contributed by atoms with Crippen LogP contribution in [0, 0.1) is 5.41 Å². The highest BCUT2D eigenvalue weighted by Gasteiger charge is 2.35. The number of nitrogens with zero attached hydrogens (tertiary/aromatic N) is 1. The lowest BCUT2D eigenvalue weighted by molar-refractivity contribution is -0.137. The van der Waals surface area contributed by atoms with Crippen LogP contribution in [-0.4, -0.2) is 18.6 Å². The second kappa shape index (κ2) is 5.50. The van der Waals surface area contributed by atoms with Gasteiger partial charge in [0, 0.05) is 13.6 Å². The summed E-state index contributed by atoms with van der Waals surface area (Å²) in [7, 11) is 1.56. The summed E-state index contributed by atoms with van der Waals surface area (Å²) >= 11 is 0. The molecule has 0 unspecified atom stereocenters. The van der Waals surface area contributed by atoms with Gasteiger partial charge in [-0.05, 0) is 36.8 Å². The maximum Gasteiger partial charge on any atom is 0.416 e. The molecule has 2 rings (SSSR count). The Labute approximate surface area is 117 Å². The molecular weight excluding hydrogens is 267 g/mol. The van der Waals surface area contributed by atoms with E-state index in [1.807, 2.05) is 0 Å². The molecule has 0 bridgehead atoms. The Kier molecular flexibility index (Phi) is 4.11. The van der Waals surface area contributed by atoms with Crippen LogP contribution in [0.25, 0.3) is 0 Å². The Morgan fingerprint density at radius 3 is 2.35 bits per heavy atom. The van der Waals surface area contributed by atoms with Gasteiger partial charge >= 0.3 is 6.18 Å². The average Bonchev–Trinajstić information content (AvgIpc) is 2.36. The summed E-state index contributed by atoms with van der Waals surface area (Å²) in [5.41, 5.74) is -0.450. The summed E-state index contributed by atoms with van der Waals surface area (Å²) in [5.74, 6) is 0.505. The van der Waals surface area contributed by atoms with Crippen molar-refractivity contribution in [2.24, 2.45) is 5.41 Å². The molecule has 6 heteroatoms. The van der Waals surface area contributed by atoms with E-state index in [0.29, 0.717) is 6.54 Å². The first-order valence-electron chi connectivity index (χ1n) is 6.89. The van der Waals surface area contributed by atoms with Gasteiger partial charge in [0.25, 0.3) is 0 Å². The molecule has 1 aromatic heterocycles. The average molecular weight is 287 g/mol. The molecule has 0 amide bonds. The molecule has 0 saturated heterocycles. The number of alkyl halides is 3. The Morgan fingerprint density at radius 1 is 1.25 bits per heavy atom. The van der Waals surface area contributed by atoms with Crippen molar-refractivity contribution in [3.63, 3.8) is 0 Å². The van der Waals surface area contributed by atoms with Gasteiger partial charge in [-0.1, -0.05) is 13.3 Å². The van der Waals surface area contributed by atoms with Crippen LogP contribution < -0.4 is 10.6 Å². The SMILES string of the molecule is CCC1(CNc2cc(C(F)(F)F)cc(NC)n2)CCC1. The minimum atomic E-state index is -4.36. The van der Waals surface area contributed by atoms with Gasteiger partial charge in [0.2, 0.25) is 0 Å². The molecular formula is C14H20F3N3. The lowest BCUT2D eigenvalue weighted by Gasteiger charge is -2.41. The van der Waals surface area contributed by atoms with E-state index >= 15 is 0 Å². The number of hydrogen-bond acceptors (Lipinski definition) is 3. The third-order valence-electron chi connectivity index (χ3n) is 4.22. The minimum Gasteiger partial charge on any atom is -0.373 e. The third kappa shape index (κ3) is 3.16. The number of nitrogens with one attached hydrogen (secondary N) is 2. The van der Waals surface area contributed by atoms with Crippen molar-refractivity contribution in [3.8, 4) is 0 Å². The van der Waals surface area contributed by atoms with Gasteiger partial charge < -0.3 is 10.6 Å². The number of halogens is 3. The highest BCUT2D eigenvalue weighted by atomic mass is 19.4. The molecule has 0 aromatic carbocycles. The molecule has 112 valence electrons. The summed E-state index contributed by atoms with van der Waals surface area (Å²) in [6, 6.07) is 2.09. The predicted octanol–water partition coefficient (Wildman–Crippen LogP) is 4.13. The molecule has 1 aromatic rings. The molecule has 0 spiro atoms. The zero-order chi connectivity index (χ0) is 14.8. The van der Waals surface area contributed by atoms with Gasteiger partial charge in [-0.25, -0.2) is 4.98 Å². The van der Waals surface area contributed by atoms with Gasteiger partial charge in [0.1, 0.15) is 11.6 Å².